The molecule has 1 aliphatic rings. The first-order chi connectivity index (χ1) is 19.9. The number of hydrogen-bond donors (Lipinski definition) is 1. The van der Waals surface area contributed by atoms with Gasteiger partial charge in [0.2, 0.25) is 5.78 Å². The summed E-state index contributed by atoms with van der Waals surface area (Å²) in [5.74, 6) is -0.774. The molecule has 2 heterocycles. The van der Waals surface area contributed by atoms with E-state index in [1.54, 1.807) is 56.4 Å². The molecule has 42 heavy (non-hydrogen) atoms. The highest BCUT2D eigenvalue weighted by atomic mass is 35.5. The quantitative estimate of drug-likeness (QED) is 0.210. The van der Waals surface area contributed by atoms with Gasteiger partial charge >= 0.3 is 0 Å². The summed E-state index contributed by atoms with van der Waals surface area (Å²) in [6, 6.07) is 13.8. The van der Waals surface area contributed by atoms with Crippen LogP contribution < -0.4 is 10.5 Å². The maximum absolute atomic E-state index is 14.1. The number of pyridine rings is 1. The zero-order chi connectivity index (χ0) is 29.9. The van der Waals surface area contributed by atoms with E-state index in [1.165, 1.54) is 10.2 Å². The molecule has 6 rings (SSSR count). The largest absolute Gasteiger partial charge is 0.485 e. The Labute approximate surface area is 248 Å². The number of nitrogens with zero attached hydrogens (tertiary/aromatic N) is 2. The summed E-state index contributed by atoms with van der Waals surface area (Å²) >= 11 is 6.09. The summed E-state index contributed by atoms with van der Waals surface area (Å²) in [6.07, 6.45) is 4.88. The topological polar surface area (TPSA) is 121 Å². The van der Waals surface area contributed by atoms with E-state index in [0.717, 1.165) is 29.5 Å². The van der Waals surface area contributed by atoms with E-state index in [9.17, 15) is 18.0 Å². The molecule has 2 aromatic heterocycles. The molecule has 3 aromatic carbocycles. The van der Waals surface area contributed by atoms with Crippen LogP contribution in [0.2, 0.25) is 5.02 Å². The van der Waals surface area contributed by atoms with E-state index < -0.39 is 28.3 Å². The lowest BCUT2D eigenvalue weighted by Gasteiger charge is -2.14. The number of carbonyl (C=O) groups excluding carboxylic acids is 2. The zero-order valence-corrected chi connectivity index (χ0v) is 24.8. The van der Waals surface area contributed by atoms with Crippen molar-refractivity contribution in [2.24, 2.45) is 5.73 Å². The number of fused-ring (bicyclic) bond motifs is 2. The van der Waals surface area contributed by atoms with Gasteiger partial charge < -0.3 is 10.5 Å². The van der Waals surface area contributed by atoms with E-state index in [2.05, 4.69) is 4.98 Å². The monoisotopic (exact) mass is 601 g/mol. The number of aromatic nitrogens is 2. The molecule has 0 spiro atoms. The van der Waals surface area contributed by atoms with Crippen LogP contribution in [0, 0.1) is 20.8 Å². The Morgan fingerprint density at radius 2 is 1.71 bits per heavy atom. The van der Waals surface area contributed by atoms with Gasteiger partial charge in [-0.2, -0.15) is 0 Å². The molecule has 0 unspecified atom stereocenters. The molecular formula is C32H28ClN3O5S. The van der Waals surface area contributed by atoms with Crippen LogP contribution in [-0.4, -0.2) is 35.7 Å². The standard InChI is InChI=1S/C32H28ClN3O5S/c1-17-8-18(2)31(19(3)9-17)42(39,40)36-15-26(25-14-35-27(13-28(25)36)20-4-5-20)29(37)16-41-30-12-21-6-7-23(33)10-22(21)11-24(30)32(34)38/h6-15,20H,4-5,16H2,1-3H3,(H2,34,38). The molecule has 2 N–H and O–H groups in total. The average molecular weight is 602 g/mol. The minimum absolute atomic E-state index is 0.101. The number of Topliss-reactive ketones (excluding diaryl/α,β-unsaturated/α-hetero) is 1. The van der Waals surface area contributed by atoms with Crippen LogP contribution in [-0.2, 0) is 10.0 Å². The van der Waals surface area contributed by atoms with Gasteiger partial charge in [-0.05, 0) is 85.8 Å². The Morgan fingerprint density at radius 3 is 2.38 bits per heavy atom. The van der Waals surface area contributed by atoms with Crippen molar-refractivity contribution in [3.05, 3.63) is 99.5 Å². The van der Waals surface area contributed by atoms with Crippen molar-refractivity contribution < 1.29 is 22.7 Å². The van der Waals surface area contributed by atoms with Crippen molar-refractivity contribution in [2.45, 2.75) is 44.4 Å². The second-order valence-corrected chi connectivity index (χ2v) is 13.1. The van der Waals surface area contributed by atoms with Gasteiger partial charge in [-0.1, -0.05) is 35.4 Å². The smallest absolute Gasteiger partial charge is 0.268 e. The number of ketones is 1. The molecule has 1 aliphatic carbocycles. The molecule has 8 nitrogen and oxygen atoms in total. The van der Waals surface area contributed by atoms with Crippen LogP contribution in [0.1, 0.15) is 61.9 Å². The molecule has 0 atom stereocenters. The third-order valence-electron chi connectivity index (χ3n) is 7.62. The zero-order valence-electron chi connectivity index (χ0n) is 23.3. The number of nitrogens with two attached hydrogens (primary N) is 1. The molecule has 1 saturated carbocycles. The lowest BCUT2D eigenvalue weighted by molar-refractivity contribution is 0.0914. The van der Waals surface area contributed by atoms with E-state index in [-0.39, 0.29) is 27.7 Å². The summed E-state index contributed by atoms with van der Waals surface area (Å²) in [5, 5.41) is 2.35. The highest BCUT2D eigenvalue weighted by Crippen LogP contribution is 2.40. The predicted molar refractivity (Wildman–Crippen MR) is 162 cm³/mol. The van der Waals surface area contributed by atoms with Crippen molar-refractivity contribution in [2.75, 3.05) is 6.61 Å². The van der Waals surface area contributed by atoms with Crippen LogP contribution in [0.25, 0.3) is 21.7 Å². The van der Waals surface area contributed by atoms with Crippen molar-refractivity contribution in [1.29, 1.82) is 0 Å². The van der Waals surface area contributed by atoms with Gasteiger partial charge in [-0.25, -0.2) is 12.4 Å². The maximum Gasteiger partial charge on any atom is 0.268 e. The summed E-state index contributed by atoms with van der Waals surface area (Å²) in [7, 11) is -4.07. The Kier molecular flexibility index (Phi) is 6.82. The molecule has 1 fully saturated rings. The van der Waals surface area contributed by atoms with E-state index in [0.29, 0.717) is 32.4 Å². The van der Waals surface area contributed by atoms with Gasteiger partial charge in [-0.15, -0.1) is 0 Å². The molecule has 1 amide bonds. The van der Waals surface area contributed by atoms with Crippen molar-refractivity contribution in [3.8, 4) is 5.75 Å². The summed E-state index contributed by atoms with van der Waals surface area (Å²) in [4.78, 5) is 30.6. The number of hydrogen-bond acceptors (Lipinski definition) is 6. The molecule has 5 aromatic rings. The van der Waals surface area contributed by atoms with Gasteiger partial charge in [-0.3, -0.25) is 14.6 Å². The number of carbonyl (C=O) groups is 2. The number of benzene rings is 3. The molecule has 0 bridgehead atoms. The lowest BCUT2D eigenvalue weighted by atomic mass is 10.1. The van der Waals surface area contributed by atoms with Gasteiger partial charge in [0.15, 0.2) is 6.61 Å². The SMILES string of the molecule is Cc1cc(C)c(S(=O)(=O)n2cc(C(=O)COc3cc4ccc(Cl)cc4cc3C(N)=O)c3cnc(C4CC4)cc32)c(C)c1. The van der Waals surface area contributed by atoms with Crippen molar-refractivity contribution in [3.63, 3.8) is 0 Å². The lowest BCUT2D eigenvalue weighted by Crippen LogP contribution is -2.17. The van der Waals surface area contributed by atoms with Gasteiger partial charge in [0, 0.05) is 40.0 Å². The third-order valence-corrected chi connectivity index (χ3v) is 9.83. The van der Waals surface area contributed by atoms with Crippen LogP contribution >= 0.6 is 11.6 Å². The van der Waals surface area contributed by atoms with Gasteiger partial charge in [0.05, 0.1) is 16.0 Å². The number of halogens is 1. The summed E-state index contributed by atoms with van der Waals surface area (Å²) < 4.78 is 35.3. The Bertz CT molecular complexity index is 2040. The van der Waals surface area contributed by atoms with E-state index >= 15 is 0 Å². The predicted octanol–water partition coefficient (Wildman–Crippen LogP) is 6.24. The Balaban J connectivity index is 1.42. The third kappa shape index (κ3) is 4.92. The number of ether oxygens (including phenoxy) is 1. The minimum atomic E-state index is -4.07. The number of amides is 1. The highest BCUT2D eigenvalue weighted by Gasteiger charge is 2.30. The first-order valence-electron chi connectivity index (χ1n) is 13.5. The average Bonchev–Trinajstić information content (AvgIpc) is 3.70. The number of primary amides is 1. The number of aryl methyl sites for hydroxylation is 3. The Hall–Kier alpha value is -4.21. The van der Waals surface area contributed by atoms with E-state index in [4.69, 9.17) is 22.1 Å². The molecule has 0 saturated heterocycles. The highest BCUT2D eigenvalue weighted by molar-refractivity contribution is 7.90. The fraction of sp³-hybridized carbons (Fsp3) is 0.219. The molecule has 0 aliphatic heterocycles. The van der Waals surface area contributed by atoms with Crippen LogP contribution in [0.5, 0.6) is 5.75 Å². The number of rotatable bonds is 8. The van der Waals surface area contributed by atoms with Crippen molar-refractivity contribution in [1.82, 2.24) is 8.96 Å². The van der Waals surface area contributed by atoms with Crippen molar-refractivity contribution >= 4 is 55.0 Å². The fourth-order valence-corrected chi connectivity index (χ4v) is 7.55. The molecule has 214 valence electrons. The normalized spacial score (nSPS) is 13.5. The second-order valence-electron chi connectivity index (χ2n) is 10.9. The van der Waals surface area contributed by atoms with E-state index in [1.807, 2.05) is 19.1 Å². The van der Waals surface area contributed by atoms with Gasteiger partial charge in [0.25, 0.3) is 15.9 Å². The summed E-state index contributed by atoms with van der Waals surface area (Å²) in [6.45, 7) is 5.00. The van der Waals surface area contributed by atoms with Crippen LogP contribution in [0.4, 0.5) is 0 Å². The van der Waals surface area contributed by atoms with Crippen LogP contribution in [0.3, 0.4) is 0 Å². The molecular weight excluding hydrogens is 574 g/mol. The van der Waals surface area contributed by atoms with Gasteiger partial charge in [0.1, 0.15) is 5.75 Å². The minimum Gasteiger partial charge on any atom is -0.485 e. The first kappa shape index (κ1) is 27.9. The molecule has 10 heteroatoms. The fourth-order valence-electron chi connectivity index (χ4n) is 5.58. The second kappa shape index (κ2) is 10.3. The first-order valence-corrected chi connectivity index (χ1v) is 15.3. The van der Waals surface area contributed by atoms with Crippen LogP contribution in [0.15, 0.2) is 65.8 Å². The Morgan fingerprint density at radius 1 is 1.00 bits per heavy atom. The summed E-state index contributed by atoms with van der Waals surface area (Å²) in [5.41, 5.74) is 9.25. The molecule has 0 radical (unpaired) electrons. The maximum atomic E-state index is 14.1.